The van der Waals surface area contributed by atoms with E-state index in [1.807, 2.05) is 29.2 Å². The van der Waals surface area contributed by atoms with Crippen molar-refractivity contribution in [2.24, 2.45) is 0 Å². The minimum atomic E-state index is -0.197. The first-order valence-corrected chi connectivity index (χ1v) is 7.97. The second kappa shape index (κ2) is 4.77. The third-order valence-electron chi connectivity index (χ3n) is 4.51. The summed E-state index contributed by atoms with van der Waals surface area (Å²) in [5.41, 5.74) is 0.625. The number of benzene rings is 1. The minimum absolute atomic E-state index is 0.0204. The molecule has 1 aliphatic carbocycles. The monoisotopic (exact) mass is 321 g/mol. The van der Waals surface area contributed by atoms with Gasteiger partial charge in [0.15, 0.2) is 5.82 Å². The van der Waals surface area contributed by atoms with Crippen molar-refractivity contribution in [2.75, 3.05) is 11.4 Å². The summed E-state index contributed by atoms with van der Waals surface area (Å²) in [5, 5.41) is 4.32. The van der Waals surface area contributed by atoms with Crippen molar-refractivity contribution >= 4 is 17.4 Å². The van der Waals surface area contributed by atoms with E-state index in [4.69, 9.17) is 4.74 Å². The van der Waals surface area contributed by atoms with Crippen LogP contribution in [0.1, 0.15) is 18.7 Å². The summed E-state index contributed by atoms with van der Waals surface area (Å²) in [6.07, 6.45) is 5.55. The molecule has 120 valence electrons. The maximum Gasteiger partial charge on any atom is 0.252 e. The van der Waals surface area contributed by atoms with Crippen LogP contribution in [0.5, 0.6) is 5.75 Å². The number of hydrogen-bond acceptors (Lipinski definition) is 5. The van der Waals surface area contributed by atoms with Crippen LogP contribution in [0.3, 0.4) is 0 Å². The van der Waals surface area contributed by atoms with Crippen LogP contribution >= 0.6 is 0 Å². The Bertz CT molecular complexity index is 914. The molecule has 2 aliphatic rings. The van der Waals surface area contributed by atoms with Crippen LogP contribution in [0.15, 0.2) is 42.7 Å². The molecule has 0 saturated heterocycles. The Morgan fingerprint density at radius 1 is 1.25 bits per heavy atom. The van der Waals surface area contributed by atoms with Crippen LogP contribution in [0.4, 0.5) is 5.69 Å². The molecule has 0 N–H and O–H groups in total. The number of aromatic nitrogens is 4. The van der Waals surface area contributed by atoms with Crippen molar-refractivity contribution in [1.29, 1.82) is 0 Å². The van der Waals surface area contributed by atoms with Gasteiger partial charge in [0.05, 0.1) is 18.7 Å². The molecule has 7 nitrogen and oxygen atoms in total. The summed E-state index contributed by atoms with van der Waals surface area (Å²) >= 11 is 0. The molecule has 0 atom stereocenters. The zero-order valence-electron chi connectivity index (χ0n) is 12.9. The number of nitrogens with zero attached hydrogens (tertiary/aromatic N) is 5. The maximum absolute atomic E-state index is 12.9. The largest absolute Gasteiger partial charge is 0.483 e. The first kappa shape index (κ1) is 13.5. The van der Waals surface area contributed by atoms with Gasteiger partial charge in [-0.05, 0) is 31.0 Å². The van der Waals surface area contributed by atoms with Crippen LogP contribution in [-0.2, 0) is 11.2 Å². The van der Waals surface area contributed by atoms with Crippen LogP contribution in [0.25, 0.3) is 5.78 Å². The first-order valence-electron chi connectivity index (χ1n) is 7.97. The Hall–Kier alpha value is -2.96. The second-order valence-corrected chi connectivity index (χ2v) is 6.30. The molecule has 1 amide bonds. The molecule has 7 heteroatoms. The smallest absolute Gasteiger partial charge is 0.252 e. The van der Waals surface area contributed by atoms with Crippen molar-refractivity contribution in [1.82, 2.24) is 19.6 Å². The molecule has 0 bridgehead atoms. The summed E-state index contributed by atoms with van der Waals surface area (Å²) in [6, 6.07) is 9.46. The molecular formula is C17H15N5O2. The molecule has 3 heterocycles. The Labute approximate surface area is 137 Å². The fourth-order valence-electron chi connectivity index (χ4n) is 3.11. The maximum atomic E-state index is 12.9. The summed E-state index contributed by atoms with van der Waals surface area (Å²) in [4.78, 5) is 23.1. The van der Waals surface area contributed by atoms with Crippen molar-refractivity contribution < 1.29 is 9.53 Å². The molecule has 0 radical (unpaired) electrons. The van der Waals surface area contributed by atoms with Gasteiger partial charge >= 0.3 is 0 Å². The van der Waals surface area contributed by atoms with Crippen LogP contribution in [0.2, 0.25) is 0 Å². The van der Waals surface area contributed by atoms with Gasteiger partial charge in [-0.2, -0.15) is 4.98 Å². The summed E-state index contributed by atoms with van der Waals surface area (Å²) in [5.74, 6) is 1.74. The quantitative estimate of drug-likeness (QED) is 0.717. The summed E-state index contributed by atoms with van der Waals surface area (Å²) < 4.78 is 7.65. The van der Waals surface area contributed by atoms with Gasteiger partial charge in [0.25, 0.3) is 5.78 Å². The second-order valence-electron chi connectivity index (χ2n) is 6.30. The molecule has 5 rings (SSSR count). The van der Waals surface area contributed by atoms with E-state index in [0.717, 1.165) is 24.3 Å². The van der Waals surface area contributed by atoms with E-state index in [1.165, 1.54) is 0 Å². The topological polar surface area (TPSA) is 72.6 Å². The third-order valence-corrected chi connectivity index (χ3v) is 4.51. The van der Waals surface area contributed by atoms with Gasteiger partial charge < -0.3 is 9.64 Å². The average Bonchev–Trinajstić information content (AvgIpc) is 3.20. The van der Waals surface area contributed by atoms with Gasteiger partial charge in [-0.1, -0.05) is 12.1 Å². The predicted molar refractivity (Wildman–Crippen MR) is 85.9 cm³/mol. The lowest BCUT2D eigenvalue weighted by Crippen LogP contribution is -2.45. The van der Waals surface area contributed by atoms with E-state index in [0.29, 0.717) is 18.1 Å². The van der Waals surface area contributed by atoms with Crippen molar-refractivity contribution in [2.45, 2.75) is 24.9 Å². The lowest BCUT2D eigenvalue weighted by atomic mass is 10.1. The van der Waals surface area contributed by atoms with E-state index in [9.17, 15) is 4.79 Å². The zero-order valence-corrected chi connectivity index (χ0v) is 12.9. The highest BCUT2D eigenvalue weighted by molar-refractivity contribution is 5.96. The number of hydrogen-bond donors (Lipinski definition) is 0. The molecule has 3 aromatic rings. The van der Waals surface area contributed by atoms with Gasteiger partial charge in [-0.25, -0.2) is 9.50 Å². The number of amides is 1. The molecule has 1 fully saturated rings. The predicted octanol–water partition coefficient (Wildman–Crippen LogP) is 1.62. The highest BCUT2D eigenvalue weighted by atomic mass is 16.5. The van der Waals surface area contributed by atoms with E-state index in [-0.39, 0.29) is 17.9 Å². The molecule has 0 unspecified atom stereocenters. The van der Waals surface area contributed by atoms with Crippen molar-refractivity contribution in [3.63, 3.8) is 0 Å². The Kier molecular flexibility index (Phi) is 2.68. The summed E-state index contributed by atoms with van der Waals surface area (Å²) in [6.45, 7) is 0.592. The van der Waals surface area contributed by atoms with Crippen LogP contribution in [-0.4, -0.2) is 37.6 Å². The van der Waals surface area contributed by atoms with Crippen molar-refractivity contribution in [3.05, 3.63) is 48.5 Å². The fraction of sp³-hybridized carbons (Fsp3) is 0.294. The number of para-hydroxylation sites is 2. The lowest BCUT2D eigenvalue weighted by molar-refractivity contribution is -0.118. The number of carbonyl (C=O) groups is 1. The average molecular weight is 321 g/mol. The van der Waals surface area contributed by atoms with Gasteiger partial charge in [-0.15, -0.1) is 5.10 Å². The van der Waals surface area contributed by atoms with Gasteiger partial charge in [-0.3, -0.25) is 4.79 Å². The van der Waals surface area contributed by atoms with Crippen molar-refractivity contribution in [3.8, 4) is 5.75 Å². The normalized spacial score (nSPS) is 17.6. The molecule has 1 saturated carbocycles. The van der Waals surface area contributed by atoms with E-state index < -0.39 is 0 Å². The SMILES string of the molecule is O=C(Cc1nc2ncccn2n1)N1CC2(CC2)Oc2ccccc21. The number of rotatable bonds is 2. The Morgan fingerprint density at radius 2 is 2.12 bits per heavy atom. The molecular weight excluding hydrogens is 306 g/mol. The number of ether oxygens (including phenoxy) is 1. The highest BCUT2D eigenvalue weighted by Gasteiger charge is 2.51. The number of fused-ring (bicyclic) bond motifs is 2. The fourth-order valence-corrected chi connectivity index (χ4v) is 3.11. The molecule has 1 aromatic carbocycles. The van der Waals surface area contributed by atoms with Crippen LogP contribution in [0, 0.1) is 0 Å². The number of carbonyl (C=O) groups excluding carboxylic acids is 1. The standard InChI is InChI=1S/C17H15N5O2/c23-15(10-14-19-16-18-8-3-9-22(16)20-14)21-11-17(6-7-17)24-13-5-2-1-4-12(13)21/h1-5,8-9H,6-7,10-11H2. The molecule has 2 aromatic heterocycles. The van der Waals surface area contributed by atoms with Crippen LogP contribution < -0.4 is 9.64 Å². The Balaban J connectivity index is 1.46. The first-order chi connectivity index (χ1) is 11.7. The highest BCUT2D eigenvalue weighted by Crippen LogP contribution is 2.48. The van der Waals surface area contributed by atoms with Gasteiger partial charge in [0, 0.05) is 12.4 Å². The molecule has 24 heavy (non-hydrogen) atoms. The lowest BCUT2D eigenvalue weighted by Gasteiger charge is -2.35. The number of anilines is 1. The van der Waals surface area contributed by atoms with E-state index in [2.05, 4.69) is 15.1 Å². The summed E-state index contributed by atoms with van der Waals surface area (Å²) in [7, 11) is 0. The van der Waals surface area contributed by atoms with E-state index >= 15 is 0 Å². The van der Waals surface area contributed by atoms with E-state index in [1.54, 1.807) is 23.0 Å². The van der Waals surface area contributed by atoms with Gasteiger partial charge in [0.2, 0.25) is 5.91 Å². The molecule has 1 spiro atoms. The molecule has 1 aliphatic heterocycles. The zero-order chi connectivity index (χ0) is 16.1. The third kappa shape index (κ3) is 2.12. The minimum Gasteiger partial charge on any atom is -0.483 e. The van der Waals surface area contributed by atoms with Gasteiger partial charge in [0.1, 0.15) is 11.4 Å². The Morgan fingerprint density at radius 3 is 2.96 bits per heavy atom.